The molecule has 0 amide bonds. The quantitative estimate of drug-likeness (QED) is 0.615. The highest BCUT2D eigenvalue weighted by Gasteiger charge is 2.17. The van der Waals surface area contributed by atoms with Crippen molar-refractivity contribution >= 4 is 5.69 Å². The van der Waals surface area contributed by atoms with Crippen LogP contribution >= 0.6 is 0 Å². The smallest absolute Gasteiger partial charge is 0.274 e. The number of nitrogens with zero attached hydrogens (tertiary/aromatic N) is 1. The first kappa shape index (κ1) is 12.6. The van der Waals surface area contributed by atoms with Crippen molar-refractivity contribution in [2.75, 3.05) is 6.54 Å². The van der Waals surface area contributed by atoms with Gasteiger partial charge in [-0.2, -0.15) is 0 Å². The van der Waals surface area contributed by atoms with Crippen LogP contribution in [0, 0.1) is 16.0 Å². The van der Waals surface area contributed by atoms with Gasteiger partial charge in [0.2, 0.25) is 0 Å². The standard InChI is InChI=1S/C12H18N2O2/c1-9(2)8-13-10(3)11-6-4-5-7-12(11)14(15)16/h4-7,9-10,13H,8H2,1-3H3. The molecule has 1 aromatic rings. The Morgan fingerprint density at radius 1 is 1.31 bits per heavy atom. The van der Waals surface area contributed by atoms with Crippen molar-refractivity contribution < 1.29 is 4.92 Å². The number of benzene rings is 1. The Kier molecular flexibility index (Phi) is 4.43. The molecule has 1 unspecified atom stereocenters. The third-order valence-electron chi connectivity index (χ3n) is 2.43. The summed E-state index contributed by atoms with van der Waals surface area (Å²) in [5, 5.41) is 14.1. The molecule has 16 heavy (non-hydrogen) atoms. The summed E-state index contributed by atoms with van der Waals surface area (Å²) in [5.41, 5.74) is 0.930. The number of nitro groups is 1. The summed E-state index contributed by atoms with van der Waals surface area (Å²) >= 11 is 0. The fourth-order valence-electron chi connectivity index (χ4n) is 1.54. The van der Waals surface area contributed by atoms with E-state index in [1.54, 1.807) is 18.2 Å². The highest BCUT2D eigenvalue weighted by atomic mass is 16.6. The van der Waals surface area contributed by atoms with Gasteiger partial charge in [0.1, 0.15) is 0 Å². The molecule has 0 aliphatic heterocycles. The molecular formula is C12H18N2O2. The molecule has 1 aromatic carbocycles. The summed E-state index contributed by atoms with van der Waals surface area (Å²) in [4.78, 5) is 10.5. The molecule has 0 radical (unpaired) electrons. The molecule has 1 N–H and O–H groups in total. The molecule has 0 spiro atoms. The predicted octanol–water partition coefficient (Wildman–Crippen LogP) is 2.90. The van der Waals surface area contributed by atoms with Crippen molar-refractivity contribution in [3.05, 3.63) is 39.9 Å². The van der Waals surface area contributed by atoms with Gasteiger partial charge in [0.25, 0.3) is 5.69 Å². The first-order valence-corrected chi connectivity index (χ1v) is 5.49. The molecule has 0 heterocycles. The lowest BCUT2D eigenvalue weighted by atomic mass is 10.1. The Morgan fingerprint density at radius 2 is 1.94 bits per heavy atom. The van der Waals surface area contributed by atoms with Crippen LogP contribution in [0.25, 0.3) is 0 Å². The van der Waals surface area contributed by atoms with Crippen molar-refractivity contribution in [3.63, 3.8) is 0 Å². The Balaban J connectivity index is 2.82. The second-order valence-corrected chi connectivity index (χ2v) is 4.34. The van der Waals surface area contributed by atoms with E-state index in [4.69, 9.17) is 0 Å². The number of hydrogen-bond donors (Lipinski definition) is 1. The van der Waals surface area contributed by atoms with Crippen LogP contribution in [-0.2, 0) is 0 Å². The minimum absolute atomic E-state index is 0.00370. The summed E-state index contributed by atoms with van der Waals surface area (Å²) in [6, 6.07) is 6.87. The zero-order chi connectivity index (χ0) is 12.1. The molecule has 0 aromatic heterocycles. The molecule has 4 nitrogen and oxygen atoms in total. The first-order chi connectivity index (χ1) is 7.52. The van der Waals surface area contributed by atoms with E-state index in [1.165, 1.54) is 0 Å². The van der Waals surface area contributed by atoms with E-state index >= 15 is 0 Å². The van der Waals surface area contributed by atoms with Crippen LogP contribution in [0.15, 0.2) is 24.3 Å². The van der Waals surface area contributed by atoms with Gasteiger partial charge in [0.05, 0.1) is 4.92 Å². The largest absolute Gasteiger partial charge is 0.310 e. The van der Waals surface area contributed by atoms with Gasteiger partial charge >= 0.3 is 0 Å². The average Bonchev–Trinajstić information content (AvgIpc) is 2.25. The third kappa shape index (κ3) is 3.31. The van der Waals surface area contributed by atoms with Crippen LogP contribution in [-0.4, -0.2) is 11.5 Å². The maximum Gasteiger partial charge on any atom is 0.274 e. The number of nitro benzene ring substituents is 1. The van der Waals surface area contributed by atoms with E-state index in [0.29, 0.717) is 5.92 Å². The molecular weight excluding hydrogens is 204 g/mol. The van der Waals surface area contributed by atoms with Crippen molar-refractivity contribution in [2.24, 2.45) is 5.92 Å². The third-order valence-corrected chi connectivity index (χ3v) is 2.43. The molecule has 0 aliphatic carbocycles. The van der Waals surface area contributed by atoms with Crippen molar-refractivity contribution in [2.45, 2.75) is 26.8 Å². The molecule has 0 saturated carbocycles. The SMILES string of the molecule is CC(C)CNC(C)c1ccccc1[N+](=O)[O-]. The van der Waals surface area contributed by atoms with E-state index in [2.05, 4.69) is 19.2 Å². The molecule has 88 valence electrons. The fraction of sp³-hybridized carbons (Fsp3) is 0.500. The monoisotopic (exact) mass is 222 g/mol. The minimum Gasteiger partial charge on any atom is -0.310 e. The number of para-hydroxylation sites is 1. The number of hydrogen-bond acceptors (Lipinski definition) is 3. The normalized spacial score (nSPS) is 12.8. The van der Waals surface area contributed by atoms with Crippen LogP contribution in [0.1, 0.15) is 32.4 Å². The van der Waals surface area contributed by atoms with E-state index in [1.807, 2.05) is 13.0 Å². The van der Waals surface area contributed by atoms with Gasteiger partial charge in [-0.1, -0.05) is 32.0 Å². The molecule has 4 heteroatoms. The summed E-state index contributed by atoms with van der Waals surface area (Å²) in [6.07, 6.45) is 0. The summed E-state index contributed by atoms with van der Waals surface area (Å²) in [6.45, 7) is 7.02. The topological polar surface area (TPSA) is 55.2 Å². The fourth-order valence-corrected chi connectivity index (χ4v) is 1.54. The van der Waals surface area contributed by atoms with Crippen LogP contribution < -0.4 is 5.32 Å². The molecule has 0 fully saturated rings. The highest BCUT2D eigenvalue weighted by molar-refractivity contribution is 5.41. The Bertz CT molecular complexity index is 364. The number of nitrogens with one attached hydrogen (secondary N) is 1. The lowest BCUT2D eigenvalue weighted by molar-refractivity contribution is -0.385. The Morgan fingerprint density at radius 3 is 2.50 bits per heavy atom. The molecule has 0 saturated heterocycles. The van der Waals surface area contributed by atoms with Crippen LogP contribution in [0.2, 0.25) is 0 Å². The molecule has 0 aliphatic rings. The van der Waals surface area contributed by atoms with E-state index < -0.39 is 0 Å². The summed E-state index contributed by atoms with van der Waals surface area (Å²) in [5.74, 6) is 0.533. The zero-order valence-corrected chi connectivity index (χ0v) is 9.93. The molecule has 0 bridgehead atoms. The van der Waals surface area contributed by atoms with Crippen molar-refractivity contribution in [1.29, 1.82) is 0 Å². The van der Waals surface area contributed by atoms with Crippen LogP contribution in [0.5, 0.6) is 0 Å². The van der Waals surface area contributed by atoms with E-state index in [0.717, 1.165) is 12.1 Å². The first-order valence-electron chi connectivity index (χ1n) is 5.49. The minimum atomic E-state index is -0.330. The van der Waals surface area contributed by atoms with Gasteiger partial charge in [0, 0.05) is 17.7 Å². The van der Waals surface area contributed by atoms with Crippen molar-refractivity contribution in [1.82, 2.24) is 5.32 Å². The van der Waals surface area contributed by atoms with Gasteiger partial charge in [-0.05, 0) is 19.4 Å². The summed E-state index contributed by atoms with van der Waals surface area (Å²) in [7, 11) is 0. The van der Waals surface area contributed by atoms with Crippen molar-refractivity contribution in [3.8, 4) is 0 Å². The van der Waals surface area contributed by atoms with Crippen LogP contribution in [0.4, 0.5) is 5.69 Å². The van der Waals surface area contributed by atoms with Gasteiger partial charge in [-0.3, -0.25) is 10.1 Å². The maximum atomic E-state index is 10.8. The molecule has 1 rings (SSSR count). The predicted molar refractivity (Wildman–Crippen MR) is 64.4 cm³/mol. The lowest BCUT2D eigenvalue weighted by Gasteiger charge is -2.15. The average molecular weight is 222 g/mol. The van der Waals surface area contributed by atoms with E-state index in [9.17, 15) is 10.1 Å². The van der Waals surface area contributed by atoms with Gasteiger partial charge in [-0.15, -0.1) is 0 Å². The summed E-state index contributed by atoms with van der Waals surface area (Å²) < 4.78 is 0. The molecule has 1 atom stereocenters. The number of rotatable bonds is 5. The zero-order valence-electron chi connectivity index (χ0n) is 9.93. The maximum absolute atomic E-state index is 10.8. The second kappa shape index (κ2) is 5.61. The lowest BCUT2D eigenvalue weighted by Crippen LogP contribution is -2.23. The Labute approximate surface area is 95.8 Å². The van der Waals surface area contributed by atoms with Gasteiger partial charge in [-0.25, -0.2) is 0 Å². The van der Waals surface area contributed by atoms with Gasteiger partial charge in [0.15, 0.2) is 0 Å². The Hall–Kier alpha value is -1.42. The van der Waals surface area contributed by atoms with Crippen LogP contribution in [0.3, 0.4) is 0 Å². The van der Waals surface area contributed by atoms with E-state index in [-0.39, 0.29) is 16.7 Å². The van der Waals surface area contributed by atoms with Gasteiger partial charge < -0.3 is 5.32 Å². The second-order valence-electron chi connectivity index (χ2n) is 4.34. The highest BCUT2D eigenvalue weighted by Crippen LogP contribution is 2.24.